The minimum atomic E-state index is 0.0985. The van der Waals surface area contributed by atoms with Crippen molar-refractivity contribution in [3.63, 3.8) is 0 Å². The van der Waals surface area contributed by atoms with Crippen LogP contribution in [0.4, 0.5) is 17.4 Å². The predicted octanol–water partition coefficient (Wildman–Crippen LogP) is 5.02. The Kier molecular flexibility index (Phi) is 7.69. The molecule has 9 nitrogen and oxygen atoms in total. The fraction of sp³-hybridized carbons (Fsp3) is 0.500. The molecule has 1 aliphatic carbocycles. The molecule has 9 heteroatoms. The van der Waals surface area contributed by atoms with Crippen molar-refractivity contribution in [3.05, 3.63) is 35.9 Å². The molecule has 3 aromatic rings. The number of nitrogens with zero attached hydrogens (tertiary/aromatic N) is 2. The summed E-state index contributed by atoms with van der Waals surface area (Å²) in [5, 5.41) is 6.47. The molecule has 0 atom stereocenters. The Morgan fingerprint density at radius 1 is 1.08 bits per heavy atom. The number of aromatic nitrogens is 1. The standard InChI is InChI=1S/C28H37N5O4/c1-3-35-24-14-18(15-25(26(24)29)36-4-2)17-33-12-10-20(11-13-33)31-28-32-22-16-21(8-9-23(22)37-28)30-27(34)19-6-5-7-19/h8-9,14-16,19-20H,3-7,10-13,17,29H2,1-2H3,(H,30,34)(H,31,32). The smallest absolute Gasteiger partial charge is 0.295 e. The lowest BCUT2D eigenvalue weighted by Gasteiger charge is -2.32. The zero-order valence-electron chi connectivity index (χ0n) is 21.7. The van der Waals surface area contributed by atoms with Gasteiger partial charge >= 0.3 is 0 Å². The van der Waals surface area contributed by atoms with Crippen molar-refractivity contribution in [1.82, 2.24) is 9.88 Å². The summed E-state index contributed by atoms with van der Waals surface area (Å²) in [5.41, 5.74) is 10.1. The number of likely N-dealkylation sites (tertiary alicyclic amines) is 1. The van der Waals surface area contributed by atoms with Crippen LogP contribution in [0.15, 0.2) is 34.7 Å². The van der Waals surface area contributed by atoms with Gasteiger partial charge in [-0.2, -0.15) is 4.98 Å². The van der Waals surface area contributed by atoms with Crippen LogP contribution in [0, 0.1) is 5.92 Å². The fourth-order valence-electron chi connectivity index (χ4n) is 4.95. The van der Waals surface area contributed by atoms with Gasteiger partial charge in [-0.1, -0.05) is 6.42 Å². The summed E-state index contributed by atoms with van der Waals surface area (Å²) in [6, 6.07) is 10.5. The number of piperidine rings is 1. The first-order chi connectivity index (χ1) is 18.0. The van der Waals surface area contributed by atoms with E-state index in [1.807, 2.05) is 44.2 Å². The molecule has 2 fully saturated rings. The van der Waals surface area contributed by atoms with Crippen LogP contribution in [0.25, 0.3) is 11.1 Å². The summed E-state index contributed by atoms with van der Waals surface area (Å²) in [6.45, 7) is 7.74. The summed E-state index contributed by atoms with van der Waals surface area (Å²) >= 11 is 0. The van der Waals surface area contributed by atoms with Crippen molar-refractivity contribution in [2.45, 2.75) is 58.5 Å². The SMILES string of the molecule is CCOc1cc(CN2CCC(Nc3nc4cc(NC(=O)C5CCC5)ccc4o3)CC2)cc(OCC)c1N. The van der Waals surface area contributed by atoms with Crippen molar-refractivity contribution < 1.29 is 18.7 Å². The number of hydrogen-bond acceptors (Lipinski definition) is 8. The number of ether oxygens (including phenoxy) is 2. The molecule has 0 unspecified atom stereocenters. The highest BCUT2D eigenvalue weighted by molar-refractivity contribution is 5.94. The highest BCUT2D eigenvalue weighted by Gasteiger charge is 2.25. The van der Waals surface area contributed by atoms with Crippen LogP contribution < -0.4 is 25.8 Å². The molecule has 4 N–H and O–H groups in total. The Hall–Kier alpha value is -3.46. The molecule has 5 rings (SSSR count). The highest BCUT2D eigenvalue weighted by Crippen LogP contribution is 2.34. The van der Waals surface area contributed by atoms with Gasteiger partial charge in [0.15, 0.2) is 5.58 Å². The Morgan fingerprint density at radius 2 is 1.78 bits per heavy atom. The molecular formula is C28H37N5O4. The number of benzene rings is 2. The second-order valence-corrected chi connectivity index (χ2v) is 9.89. The number of nitrogen functional groups attached to an aromatic ring is 1. The maximum Gasteiger partial charge on any atom is 0.295 e. The van der Waals surface area contributed by atoms with Gasteiger partial charge in [0.05, 0.1) is 13.2 Å². The molecule has 0 bridgehead atoms. The largest absolute Gasteiger partial charge is 0.492 e. The zero-order valence-corrected chi connectivity index (χ0v) is 21.7. The summed E-state index contributed by atoms with van der Waals surface area (Å²) in [4.78, 5) is 19.3. The Morgan fingerprint density at radius 3 is 2.41 bits per heavy atom. The number of anilines is 3. The summed E-state index contributed by atoms with van der Waals surface area (Å²) < 4.78 is 17.4. The molecule has 1 amide bonds. The number of rotatable bonds is 10. The van der Waals surface area contributed by atoms with Crippen molar-refractivity contribution in [2.24, 2.45) is 5.92 Å². The van der Waals surface area contributed by atoms with Gasteiger partial charge in [0, 0.05) is 37.3 Å². The summed E-state index contributed by atoms with van der Waals surface area (Å²) in [5.74, 6) is 1.61. The van der Waals surface area contributed by atoms with E-state index >= 15 is 0 Å². The van der Waals surface area contributed by atoms with E-state index in [0.29, 0.717) is 42.0 Å². The number of carbonyl (C=O) groups excluding carboxylic acids is 1. The summed E-state index contributed by atoms with van der Waals surface area (Å²) in [7, 11) is 0. The van der Waals surface area contributed by atoms with Crippen LogP contribution >= 0.6 is 0 Å². The molecule has 0 spiro atoms. The predicted molar refractivity (Wildman–Crippen MR) is 145 cm³/mol. The average Bonchev–Trinajstić information content (AvgIpc) is 3.24. The van der Waals surface area contributed by atoms with Gasteiger partial charge in [-0.3, -0.25) is 9.69 Å². The second kappa shape index (κ2) is 11.3. The number of nitrogens with one attached hydrogen (secondary N) is 2. The van der Waals surface area contributed by atoms with Crippen LogP contribution in [0.1, 0.15) is 51.5 Å². The van der Waals surface area contributed by atoms with Crippen LogP contribution in [0.2, 0.25) is 0 Å². The molecule has 0 radical (unpaired) electrons. The van der Waals surface area contributed by atoms with E-state index in [-0.39, 0.29) is 17.9 Å². The number of amides is 1. The maximum absolute atomic E-state index is 12.3. The van der Waals surface area contributed by atoms with E-state index in [4.69, 9.17) is 19.6 Å². The lowest BCUT2D eigenvalue weighted by Crippen LogP contribution is -2.38. The van der Waals surface area contributed by atoms with Gasteiger partial charge in [-0.05, 0) is 75.4 Å². The maximum atomic E-state index is 12.3. The van der Waals surface area contributed by atoms with E-state index < -0.39 is 0 Å². The van der Waals surface area contributed by atoms with Gasteiger partial charge in [0.2, 0.25) is 5.91 Å². The second-order valence-electron chi connectivity index (χ2n) is 9.89. The first-order valence-electron chi connectivity index (χ1n) is 13.4. The van der Waals surface area contributed by atoms with Crippen molar-refractivity contribution in [1.29, 1.82) is 0 Å². The summed E-state index contributed by atoms with van der Waals surface area (Å²) in [6.07, 6.45) is 5.06. The fourth-order valence-corrected chi connectivity index (χ4v) is 4.95. The number of hydrogen-bond donors (Lipinski definition) is 3. The number of carbonyl (C=O) groups is 1. The quantitative estimate of drug-likeness (QED) is 0.328. The molecule has 37 heavy (non-hydrogen) atoms. The minimum absolute atomic E-state index is 0.0985. The van der Waals surface area contributed by atoms with Crippen LogP contribution in [0.5, 0.6) is 11.5 Å². The first kappa shape index (κ1) is 25.2. The van der Waals surface area contributed by atoms with E-state index in [9.17, 15) is 4.79 Å². The van der Waals surface area contributed by atoms with E-state index in [1.165, 1.54) is 0 Å². The molecule has 1 aromatic heterocycles. The van der Waals surface area contributed by atoms with Crippen LogP contribution in [-0.4, -0.2) is 48.1 Å². The Bertz CT molecular complexity index is 1200. The number of nitrogens with two attached hydrogens (primary N) is 1. The molecule has 198 valence electrons. The monoisotopic (exact) mass is 507 g/mol. The molecule has 2 aromatic carbocycles. The van der Waals surface area contributed by atoms with Gasteiger partial charge in [-0.25, -0.2) is 0 Å². The lowest BCUT2D eigenvalue weighted by atomic mass is 9.85. The molecule has 1 saturated carbocycles. The lowest BCUT2D eigenvalue weighted by molar-refractivity contribution is -0.122. The molecular weight excluding hydrogens is 470 g/mol. The average molecular weight is 508 g/mol. The highest BCUT2D eigenvalue weighted by atomic mass is 16.5. The van der Waals surface area contributed by atoms with Gasteiger partial charge in [-0.15, -0.1) is 0 Å². The first-order valence-corrected chi connectivity index (χ1v) is 13.4. The molecule has 2 heterocycles. The molecule has 1 aliphatic heterocycles. The third-order valence-electron chi connectivity index (χ3n) is 7.22. The van der Waals surface area contributed by atoms with Gasteiger partial charge < -0.3 is 30.3 Å². The minimum Gasteiger partial charge on any atom is -0.492 e. The molecule has 1 saturated heterocycles. The Labute approximate surface area is 217 Å². The topological polar surface area (TPSA) is 115 Å². The van der Waals surface area contributed by atoms with Crippen molar-refractivity contribution in [2.75, 3.05) is 42.7 Å². The van der Waals surface area contributed by atoms with E-state index in [0.717, 1.165) is 68.5 Å². The van der Waals surface area contributed by atoms with Crippen LogP contribution in [0.3, 0.4) is 0 Å². The third-order valence-corrected chi connectivity index (χ3v) is 7.22. The van der Waals surface area contributed by atoms with Crippen molar-refractivity contribution >= 4 is 34.4 Å². The zero-order chi connectivity index (χ0) is 25.8. The van der Waals surface area contributed by atoms with Gasteiger partial charge in [0.25, 0.3) is 6.01 Å². The third kappa shape index (κ3) is 5.93. The molecule has 2 aliphatic rings. The van der Waals surface area contributed by atoms with Crippen molar-refractivity contribution in [3.8, 4) is 11.5 Å². The van der Waals surface area contributed by atoms with Gasteiger partial charge in [0.1, 0.15) is 22.7 Å². The number of oxazole rings is 1. The Balaban J connectivity index is 1.16. The normalized spacial score (nSPS) is 16.9. The van der Waals surface area contributed by atoms with E-state index in [1.54, 1.807) is 0 Å². The van der Waals surface area contributed by atoms with Crippen LogP contribution in [-0.2, 0) is 11.3 Å². The van der Waals surface area contributed by atoms with E-state index in [2.05, 4.69) is 20.5 Å². The number of fused-ring (bicyclic) bond motifs is 1.